The molecule has 9 heteroatoms. The molecule has 3 aromatic rings. The van der Waals surface area contributed by atoms with Crippen molar-refractivity contribution in [1.82, 2.24) is 24.8 Å². The zero-order valence-electron chi connectivity index (χ0n) is 13.4. The standard InChI is InChI=1S/C16H17N7O2/c24-15-20-13-12(3-6-18-14(13)21-15)22-7-9-23(10-8-22)16(25)19-11-1-4-17-5-2-11/h1-6H,7-10H2,(H,17,19,25)(H2,18,20,21,24). The van der Waals surface area contributed by atoms with Gasteiger partial charge in [0.25, 0.3) is 0 Å². The first-order chi connectivity index (χ1) is 12.2. The summed E-state index contributed by atoms with van der Waals surface area (Å²) in [4.78, 5) is 41.3. The Kier molecular flexibility index (Phi) is 3.81. The second-order valence-corrected chi connectivity index (χ2v) is 5.77. The van der Waals surface area contributed by atoms with Gasteiger partial charge in [0.2, 0.25) is 0 Å². The topological polar surface area (TPSA) is 110 Å². The second kappa shape index (κ2) is 6.27. The fourth-order valence-corrected chi connectivity index (χ4v) is 2.97. The summed E-state index contributed by atoms with van der Waals surface area (Å²) >= 11 is 0. The van der Waals surface area contributed by atoms with Crippen LogP contribution in [0.2, 0.25) is 0 Å². The number of piperazine rings is 1. The molecule has 0 unspecified atom stereocenters. The van der Waals surface area contributed by atoms with Crippen LogP contribution in [0.1, 0.15) is 0 Å². The van der Waals surface area contributed by atoms with E-state index in [-0.39, 0.29) is 11.7 Å². The van der Waals surface area contributed by atoms with Crippen LogP contribution in [0, 0.1) is 0 Å². The predicted molar refractivity (Wildman–Crippen MR) is 93.8 cm³/mol. The molecule has 2 amide bonds. The largest absolute Gasteiger partial charge is 0.366 e. The molecule has 1 aliphatic heterocycles. The number of carbonyl (C=O) groups excluding carboxylic acids is 1. The van der Waals surface area contributed by atoms with Crippen molar-refractivity contribution in [2.45, 2.75) is 0 Å². The SMILES string of the molecule is O=C(Nc1ccncc1)N1CCN(c2ccnc3[nH]c(=O)[nH]c23)CC1. The molecule has 9 nitrogen and oxygen atoms in total. The maximum atomic E-state index is 12.3. The van der Waals surface area contributed by atoms with E-state index in [2.05, 4.69) is 30.2 Å². The average molecular weight is 339 g/mol. The van der Waals surface area contributed by atoms with Crippen LogP contribution in [-0.4, -0.2) is 57.0 Å². The van der Waals surface area contributed by atoms with E-state index in [1.165, 1.54) is 0 Å². The van der Waals surface area contributed by atoms with Crippen LogP contribution >= 0.6 is 0 Å². The number of pyridine rings is 2. The molecule has 1 aliphatic rings. The summed E-state index contributed by atoms with van der Waals surface area (Å²) in [5.74, 6) is 0. The lowest BCUT2D eigenvalue weighted by Gasteiger charge is -2.36. The Hall–Kier alpha value is -3.36. The zero-order valence-corrected chi connectivity index (χ0v) is 13.4. The number of nitrogens with zero attached hydrogens (tertiary/aromatic N) is 4. The lowest BCUT2D eigenvalue weighted by atomic mass is 10.2. The van der Waals surface area contributed by atoms with Gasteiger partial charge in [-0.1, -0.05) is 0 Å². The highest BCUT2D eigenvalue weighted by molar-refractivity contribution is 5.90. The van der Waals surface area contributed by atoms with Gasteiger partial charge in [0, 0.05) is 50.5 Å². The van der Waals surface area contributed by atoms with Gasteiger partial charge >= 0.3 is 11.7 Å². The Morgan fingerprint density at radius 2 is 1.80 bits per heavy atom. The number of anilines is 2. The molecule has 0 atom stereocenters. The Labute approximate surface area is 142 Å². The van der Waals surface area contributed by atoms with Gasteiger partial charge in [0.15, 0.2) is 5.65 Å². The molecule has 0 aliphatic carbocycles. The minimum atomic E-state index is -0.273. The number of aromatic nitrogens is 4. The van der Waals surface area contributed by atoms with Crippen LogP contribution in [0.5, 0.6) is 0 Å². The highest BCUT2D eigenvalue weighted by Gasteiger charge is 2.23. The average Bonchev–Trinajstić information content (AvgIpc) is 3.03. The number of nitrogens with one attached hydrogen (secondary N) is 3. The molecule has 1 saturated heterocycles. The summed E-state index contributed by atoms with van der Waals surface area (Å²) in [6.07, 6.45) is 4.95. The molecule has 25 heavy (non-hydrogen) atoms. The Morgan fingerprint density at radius 3 is 2.56 bits per heavy atom. The second-order valence-electron chi connectivity index (χ2n) is 5.77. The van der Waals surface area contributed by atoms with E-state index < -0.39 is 0 Å². The minimum absolute atomic E-state index is 0.124. The molecular weight excluding hydrogens is 322 g/mol. The number of imidazole rings is 1. The lowest BCUT2D eigenvalue weighted by Crippen LogP contribution is -2.50. The van der Waals surface area contributed by atoms with Crippen molar-refractivity contribution < 1.29 is 4.79 Å². The zero-order chi connectivity index (χ0) is 17.2. The first kappa shape index (κ1) is 15.2. The van der Waals surface area contributed by atoms with Crippen LogP contribution in [0.4, 0.5) is 16.2 Å². The molecule has 4 rings (SSSR count). The summed E-state index contributed by atoms with van der Waals surface area (Å²) in [6, 6.07) is 5.26. The Bertz CT molecular complexity index is 942. The molecule has 0 aromatic carbocycles. The van der Waals surface area contributed by atoms with Gasteiger partial charge in [-0.25, -0.2) is 14.6 Å². The van der Waals surface area contributed by atoms with Crippen LogP contribution in [0.3, 0.4) is 0 Å². The molecule has 3 N–H and O–H groups in total. The third kappa shape index (κ3) is 3.03. The van der Waals surface area contributed by atoms with Crippen molar-refractivity contribution >= 4 is 28.6 Å². The van der Waals surface area contributed by atoms with E-state index >= 15 is 0 Å². The van der Waals surface area contributed by atoms with Crippen LogP contribution in [-0.2, 0) is 0 Å². The molecule has 0 spiro atoms. The van der Waals surface area contributed by atoms with E-state index in [1.54, 1.807) is 35.6 Å². The van der Waals surface area contributed by atoms with Gasteiger partial charge in [0.05, 0.1) is 5.69 Å². The third-order valence-electron chi connectivity index (χ3n) is 4.24. The first-order valence-corrected chi connectivity index (χ1v) is 7.98. The predicted octanol–water partition coefficient (Wildman–Crippen LogP) is 1.00. The Morgan fingerprint density at radius 1 is 1.04 bits per heavy atom. The number of hydrogen-bond acceptors (Lipinski definition) is 5. The highest BCUT2D eigenvalue weighted by atomic mass is 16.2. The van der Waals surface area contributed by atoms with Crippen molar-refractivity contribution in [3.8, 4) is 0 Å². The number of amides is 2. The number of rotatable bonds is 2. The molecule has 1 fully saturated rings. The van der Waals surface area contributed by atoms with E-state index in [0.717, 1.165) is 11.4 Å². The van der Waals surface area contributed by atoms with E-state index in [9.17, 15) is 9.59 Å². The van der Waals surface area contributed by atoms with Crippen LogP contribution in [0.25, 0.3) is 11.2 Å². The van der Waals surface area contributed by atoms with Gasteiger partial charge in [-0.15, -0.1) is 0 Å². The summed E-state index contributed by atoms with van der Waals surface area (Å²) in [5, 5.41) is 2.87. The van der Waals surface area contributed by atoms with Gasteiger partial charge < -0.3 is 20.1 Å². The summed E-state index contributed by atoms with van der Waals surface area (Å²) in [5.41, 5.74) is 2.61. The molecule has 0 bridgehead atoms. The van der Waals surface area contributed by atoms with Crippen molar-refractivity contribution in [2.75, 3.05) is 36.4 Å². The minimum Gasteiger partial charge on any atom is -0.366 e. The number of fused-ring (bicyclic) bond motifs is 1. The van der Waals surface area contributed by atoms with Crippen molar-refractivity contribution in [2.24, 2.45) is 0 Å². The van der Waals surface area contributed by atoms with Gasteiger partial charge in [-0.3, -0.25) is 9.97 Å². The van der Waals surface area contributed by atoms with Crippen LogP contribution < -0.4 is 15.9 Å². The van der Waals surface area contributed by atoms with E-state index in [0.29, 0.717) is 37.3 Å². The number of hydrogen-bond donors (Lipinski definition) is 3. The number of carbonyl (C=O) groups is 1. The first-order valence-electron chi connectivity index (χ1n) is 7.98. The van der Waals surface area contributed by atoms with Crippen molar-refractivity contribution in [3.05, 3.63) is 47.3 Å². The van der Waals surface area contributed by atoms with Gasteiger partial charge in [-0.2, -0.15) is 0 Å². The van der Waals surface area contributed by atoms with E-state index in [1.807, 2.05) is 6.07 Å². The fraction of sp³-hybridized carbons (Fsp3) is 0.250. The quantitative estimate of drug-likeness (QED) is 0.645. The fourth-order valence-electron chi connectivity index (χ4n) is 2.97. The van der Waals surface area contributed by atoms with Gasteiger partial charge in [0.1, 0.15) is 5.52 Å². The molecular formula is C16H17N7O2. The monoisotopic (exact) mass is 339 g/mol. The molecule has 3 aromatic heterocycles. The summed E-state index contributed by atoms with van der Waals surface area (Å²) < 4.78 is 0. The maximum Gasteiger partial charge on any atom is 0.325 e. The van der Waals surface area contributed by atoms with Crippen molar-refractivity contribution in [3.63, 3.8) is 0 Å². The number of H-pyrrole nitrogens is 2. The smallest absolute Gasteiger partial charge is 0.325 e. The molecule has 128 valence electrons. The highest BCUT2D eigenvalue weighted by Crippen LogP contribution is 2.23. The number of urea groups is 1. The number of aromatic amines is 2. The molecule has 4 heterocycles. The maximum absolute atomic E-state index is 12.3. The summed E-state index contributed by atoms with van der Waals surface area (Å²) in [6.45, 7) is 2.54. The van der Waals surface area contributed by atoms with Crippen LogP contribution in [0.15, 0.2) is 41.6 Å². The Balaban J connectivity index is 1.44. The third-order valence-corrected chi connectivity index (χ3v) is 4.24. The lowest BCUT2D eigenvalue weighted by molar-refractivity contribution is 0.208. The molecule has 0 saturated carbocycles. The summed E-state index contributed by atoms with van der Waals surface area (Å²) in [7, 11) is 0. The van der Waals surface area contributed by atoms with Gasteiger partial charge in [-0.05, 0) is 18.2 Å². The normalized spacial score (nSPS) is 14.7. The van der Waals surface area contributed by atoms with E-state index in [4.69, 9.17) is 0 Å². The van der Waals surface area contributed by atoms with Crippen molar-refractivity contribution in [1.29, 1.82) is 0 Å². The molecule has 0 radical (unpaired) electrons.